The van der Waals surface area contributed by atoms with Gasteiger partial charge in [0, 0.05) is 24.2 Å². The first-order valence-corrected chi connectivity index (χ1v) is 12.6. The number of halogens is 1. The zero-order valence-corrected chi connectivity index (χ0v) is 21.1. The molecule has 1 saturated heterocycles. The fourth-order valence-corrected chi connectivity index (χ4v) is 5.52. The predicted octanol–water partition coefficient (Wildman–Crippen LogP) is 4.80. The van der Waals surface area contributed by atoms with Crippen LogP contribution in [-0.4, -0.2) is 46.0 Å². The fraction of sp³-hybridized carbons (Fsp3) is 0.458. The van der Waals surface area contributed by atoms with E-state index in [2.05, 4.69) is 0 Å². The number of hydrogen-bond acceptors (Lipinski definition) is 6. The summed E-state index contributed by atoms with van der Waals surface area (Å²) < 4.78 is 43.8. The first kappa shape index (κ1) is 25.3. The number of methoxy groups -OCH3 is 2. The average molecular weight is 496 g/mol. The summed E-state index contributed by atoms with van der Waals surface area (Å²) in [6.45, 7) is 6.34. The average Bonchev–Trinajstić information content (AvgIpc) is 2.80. The van der Waals surface area contributed by atoms with E-state index in [-0.39, 0.29) is 35.8 Å². The van der Waals surface area contributed by atoms with E-state index in [1.165, 1.54) is 30.7 Å². The molecular weight excluding hydrogens is 466 g/mol. The van der Waals surface area contributed by atoms with Crippen LogP contribution in [0.5, 0.6) is 17.2 Å². The first-order chi connectivity index (χ1) is 15.6. The maximum atomic E-state index is 13.1. The zero-order chi connectivity index (χ0) is 24.3. The molecule has 1 heterocycles. The Labute approximate surface area is 200 Å². The number of hydrogen-bond donors (Lipinski definition) is 0. The molecule has 180 valence electrons. The van der Waals surface area contributed by atoms with Crippen molar-refractivity contribution in [3.63, 3.8) is 0 Å². The van der Waals surface area contributed by atoms with Crippen molar-refractivity contribution in [2.75, 3.05) is 27.3 Å². The van der Waals surface area contributed by atoms with Gasteiger partial charge in [0.05, 0.1) is 25.0 Å². The van der Waals surface area contributed by atoms with E-state index in [1.807, 2.05) is 26.8 Å². The minimum Gasteiger partial charge on any atom is -0.493 e. The highest BCUT2D eigenvalue weighted by molar-refractivity contribution is 7.89. The molecular formula is C24H30ClNO6S. The monoisotopic (exact) mass is 495 g/mol. The molecule has 0 atom stereocenters. The lowest BCUT2D eigenvalue weighted by Gasteiger charge is -2.30. The van der Waals surface area contributed by atoms with Gasteiger partial charge in [0.1, 0.15) is 5.75 Å². The number of carbonyl (C=O) groups is 1. The maximum Gasteiger partial charge on any atom is 0.314 e. The molecule has 0 aliphatic carbocycles. The van der Waals surface area contributed by atoms with Crippen molar-refractivity contribution in [1.82, 2.24) is 4.31 Å². The van der Waals surface area contributed by atoms with Gasteiger partial charge >= 0.3 is 5.97 Å². The Balaban J connectivity index is 1.70. The highest BCUT2D eigenvalue weighted by atomic mass is 35.5. The lowest BCUT2D eigenvalue weighted by Crippen LogP contribution is -2.41. The number of aryl methyl sites for hydroxylation is 1. The molecule has 0 radical (unpaired) electrons. The van der Waals surface area contributed by atoms with E-state index in [4.69, 9.17) is 25.8 Å². The quantitative estimate of drug-likeness (QED) is 0.405. The SMILES string of the molecule is COc1ccc(S(=O)(=O)N2CCC(C(=O)Oc3cc(C)c(Cl)cc3C(C)C)CC2)cc1OC. The van der Waals surface area contributed by atoms with Crippen LogP contribution in [0.1, 0.15) is 43.7 Å². The molecule has 7 nitrogen and oxygen atoms in total. The van der Waals surface area contributed by atoms with Crippen LogP contribution >= 0.6 is 11.6 Å². The van der Waals surface area contributed by atoms with Crippen LogP contribution in [0.3, 0.4) is 0 Å². The van der Waals surface area contributed by atoms with Crippen molar-refractivity contribution in [2.24, 2.45) is 5.92 Å². The van der Waals surface area contributed by atoms with E-state index >= 15 is 0 Å². The number of esters is 1. The summed E-state index contributed by atoms with van der Waals surface area (Å²) in [5.74, 6) is 0.726. The number of rotatable bonds is 7. The Morgan fingerprint density at radius 3 is 2.24 bits per heavy atom. The van der Waals surface area contributed by atoms with Gasteiger partial charge in [-0.2, -0.15) is 4.31 Å². The molecule has 33 heavy (non-hydrogen) atoms. The van der Waals surface area contributed by atoms with Crippen LogP contribution in [0.25, 0.3) is 0 Å². The normalized spacial score (nSPS) is 15.5. The van der Waals surface area contributed by atoms with Crippen molar-refractivity contribution in [3.8, 4) is 17.2 Å². The summed E-state index contributed by atoms with van der Waals surface area (Å²) in [6.07, 6.45) is 0.768. The van der Waals surface area contributed by atoms with Crippen molar-refractivity contribution in [2.45, 2.75) is 44.4 Å². The second-order valence-corrected chi connectivity index (χ2v) is 10.8. The smallest absolute Gasteiger partial charge is 0.314 e. The maximum absolute atomic E-state index is 13.1. The lowest BCUT2D eigenvalue weighted by molar-refractivity contribution is -0.140. The molecule has 1 aliphatic heterocycles. The molecule has 0 spiro atoms. The molecule has 2 aromatic carbocycles. The minimum atomic E-state index is -3.72. The van der Waals surface area contributed by atoms with E-state index in [9.17, 15) is 13.2 Å². The Bertz CT molecular complexity index is 1120. The highest BCUT2D eigenvalue weighted by Gasteiger charge is 2.33. The van der Waals surface area contributed by atoms with Crippen LogP contribution in [0.4, 0.5) is 0 Å². The van der Waals surface area contributed by atoms with Gasteiger partial charge in [-0.15, -0.1) is 0 Å². The molecule has 9 heteroatoms. The third kappa shape index (κ3) is 5.45. The molecule has 0 amide bonds. The van der Waals surface area contributed by atoms with Gasteiger partial charge in [-0.25, -0.2) is 8.42 Å². The van der Waals surface area contributed by atoms with Gasteiger partial charge in [-0.1, -0.05) is 25.4 Å². The Morgan fingerprint density at radius 2 is 1.67 bits per heavy atom. The van der Waals surface area contributed by atoms with Crippen molar-refractivity contribution in [1.29, 1.82) is 0 Å². The standard InChI is InChI=1S/C24H30ClNO6S/c1-15(2)19-14-20(25)16(3)12-22(19)32-24(27)17-8-10-26(11-9-17)33(28,29)18-6-7-21(30-4)23(13-18)31-5/h6-7,12-15,17H,8-11H2,1-5H3. The minimum absolute atomic E-state index is 0.124. The molecule has 0 unspecified atom stereocenters. The lowest BCUT2D eigenvalue weighted by atomic mass is 9.97. The van der Waals surface area contributed by atoms with Crippen molar-refractivity contribution >= 4 is 27.6 Å². The van der Waals surface area contributed by atoms with E-state index in [1.54, 1.807) is 12.1 Å². The molecule has 0 saturated carbocycles. The molecule has 0 aromatic heterocycles. The molecule has 3 rings (SSSR count). The summed E-state index contributed by atoms with van der Waals surface area (Å²) >= 11 is 6.24. The van der Waals surface area contributed by atoms with Gasteiger partial charge in [0.2, 0.25) is 10.0 Å². The van der Waals surface area contributed by atoms with Gasteiger partial charge in [0.15, 0.2) is 11.5 Å². The summed E-state index contributed by atoms with van der Waals surface area (Å²) in [5, 5.41) is 0.632. The van der Waals surface area contributed by atoms with Crippen LogP contribution < -0.4 is 14.2 Å². The number of ether oxygens (including phenoxy) is 3. The predicted molar refractivity (Wildman–Crippen MR) is 127 cm³/mol. The van der Waals surface area contributed by atoms with Gasteiger partial charge in [-0.3, -0.25) is 4.79 Å². The van der Waals surface area contributed by atoms with E-state index < -0.39 is 10.0 Å². The highest BCUT2D eigenvalue weighted by Crippen LogP contribution is 2.34. The summed E-state index contributed by atoms with van der Waals surface area (Å²) in [5.41, 5.74) is 1.70. The van der Waals surface area contributed by atoms with Crippen LogP contribution in [0.2, 0.25) is 5.02 Å². The second-order valence-electron chi connectivity index (χ2n) is 8.41. The molecule has 1 fully saturated rings. The van der Waals surface area contributed by atoms with E-state index in [0.717, 1.165) is 11.1 Å². The summed E-state index contributed by atoms with van der Waals surface area (Å²) in [6, 6.07) is 8.13. The number of benzene rings is 2. The number of sulfonamides is 1. The Morgan fingerprint density at radius 1 is 1.03 bits per heavy atom. The second kappa shape index (κ2) is 10.3. The fourth-order valence-electron chi connectivity index (χ4n) is 3.86. The van der Waals surface area contributed by atoms with Crippen molar-refractivity contribution < 1.29 is 27.4 Å². The molecule has 0 N–H and O–H groups in total. The van der Waals surface area contributed by atoms with Crippen molar-refractivity contribution in [3.05, 3.63) is 46.5 Å². The van der Waals surface area contributed by atoms with Gasteiger partial charge in [0.25, 0.3) is 0 Å². The number of carbonyl (C=O) groups excluding carboxylic acids is 1. The molecule has 0 bridgehead atoms. The Kier molecular flexibility index (Phi) is 7.92. The third-order valence-electron chi connectivity index (χ3n) is 5.90. The first-order valence-electron chi connectivity index (χ1n) is 10.8. The molecule has 2 aromatic rings. The van der Waals surface area contributed by atoms with Gasteiger partial charge < -0.3 is 14.2 Å². The zero-order valence-electron chi connectivity index (χ0n) is 19.6. The summed E-state index contributed by atoms with van der Waals surface area (Å²) in [4.78, 5) is 13.0. The van der Waals surface area contributed by atoms with Gasteiger partial charge in [-0.05, 0) is 61.1 Å². The summed E-state index contributed by atoms with van der Waals surface area (Å²) in [7, 11) is -0.777. The van der Waals surface area contributed by atoms with Crippen LogP contribution in [-0.2, 0) is 14.8 Å². The van der Waals surface area contributed by atoms with Crippen LogP contribution in [0.15, 0.2) is 35.2 Å². The number of nitrogens with zero attached hydrogens (tertiary/aromatic N) is 1. The number of piperidine rings is 1. The third-order valence-corrected chi connectivity index (χ3v) is 8.21. The van der Waals surface area contributed by atoms with E-state index in [0.29, 0.717) is 35.1 Å². The topological polar surface area (TPSA) is 82.1 Å². The van der Waals surface area contributed by atoms with Crippen LogP contribution in [0, 0.1) is 12.8 Å². The molecule has 1 aliphatic rings. The Hall–Kier alpha value is -2.29. The largest absolute Gasteiger partial charge is 0.493 e.